The summed E-state index contributed by atoms with van der Waals surface area (Å²) in [4.78, 5) is -0.0636. The highest BCUT2D eigenvalue weighted by molar-refractivity contribution is 7.92. The van der Waals surface area contributed by atoms with Crippen LogP contribution in [0.1, 0.15) is 17.0 Å². The van der Waals surface area contributed by atoms with Gasteiger partial charge in [0.2, 0.25) is 10.0 Å². The lowest BCUT2D eigenvalue weighted by molar-refractivity contribution is 0.392. The van der Waals surface area contributed by atoms with Gasteiger partial charge in [-0.05, 0) is 13.8 Å². The van der Waals surface area contributed by atoms with Crippen LogP contribution in [0.2, 0.25) is 0 Å². The Morgan fingerprint density at radius 2 is 2.19 bits per heavy atom. The summed E-state index contributed by atoms with van der Waals surface area (Å²) in [5.74, 6) is 0.238. The molecule has 0 unspecified atom stereocenters. The second-order valence-electron chi connectivity index (χ2n) is 3.35. The molecule has 0 amide bonds. The van der Waals surface area contributed by atoms with Gasteiger partial charge in [-0.15, -0.1) is 0 Å². The van der Waals surface area contributed by atoms with Crippen molar-refractivity contribution in [2.24, 2.45) is 5.73 Å². The number of nitrogens with two attached hydrogens (primary N) is 1. The molecule has 90 valence electrons. The quantitative estimate of drug-likeness (QED) is 0.725. The van der Waals surface area contributed by atoms with Gasteiger partial charge in [-0.2, -0.15) is 0 Å². The standard InChI is InChI=1S/C8H13N3O3S2/c1-5-7(6(2)14-11-5)3-10-16(12,13)4-8(9)15/h10H,3-4H2,1-2H3,(H2,9,15). The van der Waals surface area contributed by atoms with Gasteiger partial charge >= 0.3 is 0 Å². The number of nitrogens with zero attached hydrogens (tertiary/aromatic N) is 1. The van der Waals surface area contributed by atoms with Gasteiger partial charge in [0.05, 0.1) is 10.7 Å². The van der Waals surface area contributed by atoms with E-state index in [1.54, 1.807) is 13.8 Å². The number of aromatic nitrogens is 1. The third kappa shape index (κ3) is 3.54. The summed E-state index contributed by atoms with van der Waals surface area (Å²) in [7, 11) is -3.48. The lowest BCUT2D eigenvalue weighted by atomic mass is 10.2. The molecule has 0 aliphatic carbocycles. The van der Waals surface area contributed by atoms with E-state index < -0.39 is 10.0 Å². The predicted octanol–water partition coefficient (Wildman–Crippen LogP) is -0.00306. The van der Waals surface area contributed by atoms with Gasteiger partial charge in [0, 0.05) is 12.1 Å². The molecule has 3 N–H and O–H groups in total. The number of rotatable bonds is 5. The van der Waals surface area contributed by atoms with Crippen LogP contribution >= 0.6 is 12.2 Å². The maximum Gasteiger partial charge on any atom is 0.218 e. The summed E-state index contributed by atoms with van der Waals surface area (Å²) in [6.07, 6.45) is 0. The van der Waals surface area contributed by atoms with Crippen molar-refractivity contribution in [1.29, 1.82) is 0 Å². The summed E-state index contributed by atoms with van der Waals surface area (Å²) in [6, 6.07) is 0. The molecule has 1 heterocycles. The first-order valence-electron chi connectivity index (χ1n) is 4.49. The van der Waals surface area contributed by atoms with Gasteiger partial charge in [0.25, 0.3) is 0 Å². The molecule has 0 aliphatic heterocycles. The third-order valence-corrected chi connectivity index (χ3v) is 3.58. The van der Waals surface area contributed by atoms with Crippen molar-refractivity contribution in [2.75, 3.05) is 5.75 Å². The Labute approximate surface area is 99.2 Å². The van der Waals surface area contributed by atoms with E-state index in [9.17, 15) is 8.42 Å². The first-order valence-corrected chi connectivity index (χ1v) is 6.55. The van der Waals surface area contributed by atoms with Crippen LogP contribution in [-0.4, -0.2) is 24.3 Å². The van der Waals surface area contributed by atoms with E-state index in [1.807, 2.05) is 0 Å². The van der Waals surface area contributed by atoms with Gasteiger partial charge < -0.3 is 10.3 Å². The molecule has 0 saturated heterocycles. The largest absolute Gasteiger partial charge is 0.392 e. The van der Waals surface area contributed by atoms with Gasteiger partial charge in [0.1, 0.15) is 11.5 Å². The Morgan fingerprint density at radius 3 is 2.62 bits per heavy atom. The van der Waals surface area contributed by atoms with Crippen molar-refractivity contribution in [3.8, 4) is 0 Å². The minimum atomic E-state index is -3.48. The molecule has 0 bridgehead atoms. The average molecular weight is 263 g/mol. The SMILES string of the molecule is Cc1noc(C)c1CNS(=O)(=O)CC(N)=S. The molecule has 0 aliphatic rings. The topological polar surface area (TPSA) is 98.2 Å². The first kappa shape index (κ1) is 13.1. The van der Waals surface area contributed by atoms with Crippen molar-refractivity contribution in [2.45, 2.75) is 20.4 Å². The molecule has 16 heavy (non-hydrogen) atoms. The highest BCUT2D eigenvalue weighted by Gasteiger charge is 2.15. The van der Waals surface area contributed by atoms with Gasteiger partial charge in [-0.1, -0.05) is 17.4 Å². The number of sulfonamides is 1. The van der Waals surface area contributed by atoms with E-state index in [1.165, 1.54) is 0 Å². The zero-order valence-electron chi connectivity index (χ0n) is 8.98. The Morgan fingerprint density at radius 1 is 1.56 bits per heavy atom. The summed E-state index contributed by atoms with van der Waals surface area (Å²) in [5.41, 5.74) is 6.56. The Hall–Kier alpha value is -0.990. The van der Waals surface area contributed by atoms with Crippen LogP contribution in [0.3, 0.4) is 0 Å². The monoisotopic (exact) mass is 263 g/mol. The summed E-state index contributed by atoms with van der Waals surface area (Å²) >= 11 is 4.54. The number of aryl methyl sites for hydroxylation is 2. The van der Waals surface area contributed by atoms with Crippen LogP contribution in [0, 0.1) is 13.8 Å². The molecule has 0 fully saturated rings. The van der Waals surface area contributed by atoms with Crippen LogP contribution in [0.5, 0.6) is 0 Å². The van der Waals surface area contributed by atoms with Crippen LogP contribution in [-0.2, 0) is 16.6 Å². The maximum atomic E-state index is 11.4. The van der Waals surface area contributed by atoms with Gasteiger partial charge in [-0.3, -0.25) is 0 Å². The molecule has 0 radical (unpaired) electrons. The molecule has 1 aromatic heterocycles. The van der Waals surface area contributed by atoms with E-state index in [4.69, 9.17) is 10.3 Å². The van der Waals surface area contributed by atoms with E-state index in [-0.39, 0.29) is 17.3 Å². The molecule has 0 saturated carbocycles. The lowest BCUT2D eigenvalue weighted by Crippen LogP contribution is -2.32. The summed E-state index contributed by atoms with van der Waals surface area (Å²) < 4.78 is 30.1. The zero-order chi connectivity index (χ0) is 12.3. The summed E-state index contributed by atoms with van der Waals surface area (Å²) in [6.45, 7) is 3.59. The molecule has 0 atom stereocenters. The number of thiocarbonyl (C=S) groups is 1. The van der Waals surface area contributed by atoms with Crippen LogP contribution in [0.15, 0.2) is 4.52 Å². The van der Waals surface area contributed by atoms with Crippen molar-refractivity contribution < 1.29 is 12.9 Å². The normalized spacial score (nSPS) is 11.6. The highest BCUT2D eigenvalue weighted by atomic mass is 32.2. The fourth-order valence-electron chi connectivity index (χ4n) is 1.17. The van der Waals surface area contributed by atoms with E-state index in [0.29, 0.717) is 11.5 Å². The number of hydrogen-bond acceptors (Lipinski definition) is 5. The lowest BCUT2D eigenvalue weighted by Gasteiger charge is -2.04. The highest BCUT2D eigenvalue weighted by Crippen LogP contribution is 2.11. The van der Waals surface area contributed by atoms with Crippen molar-refractivity contribution >= 4 is 27.2 Å². The van der Waals surface area contributed by atoms with Crippen molar-refractivity contribution in [3.05, 3.63) is 17.0 Å². The Balaban J connectivity index is 2.68. The second kappa shape index (κ2) is 4.89. The predicted molar refractivity (Wildman–Crippen MR) is 63.4 cm³/mol. The Bertz CT molecular complexity index is 473. The minimum Gasteiger partial charge on any atom is -0.392 e. The van der Waals surface area contributed by atoms with E-state index in [0.717, 1.165) is 5.56 Å². The second-order valence-corrected chi connectivity index (χ2v) is 5.68. The molecule has 0 aromatic carbocycles. The first-order chi connectivity index (χ1) is 7.32. The minimum absolute atomic E-state index is 0.0636. The van der Waals surface area contributed by atoms with E-state index >= 15 is 0 Å². The fraction of sp³-hybridized carbons (Fsp3) is 0.500. The number of hydrogen-bond donors (Lipinski definition) is 2. The molecule has 8 heteroatoms. The third-order valence-electron chi connectivity index (χ3n) is 1.98. The van der Waals surface area contributed by atoms with Crippen LogP contribution in [0.25, 0.3) is 0 Å². The maximum absolute atomic E-state index is 11.4. The van der Waals surface area contributed by atoms with Crippen LogP contribution < -0.4 is 10.5 Å². The molecular weight excluding hydrogens is 250 g/mol. The van der Waals surface area contributed by atoms with Crippen molar-refractivity contribution in [1.82, 2.24) is 9.88 Å². The van der Waals surface area contributed by atoms with E-state index in [2.05, 4.69) is 22.1 Å². The number of nitrogens with one attached hydrogen (secondary N) is 1. The smallest absolute Gasteiger partial charge is 0.218 e. The molecule has 0 spiro atoms. The van der Waals surface area contributed by atoms with Gasteiger partial charge in [-0.25, -0.2) is 13.1 Å². The molecule has 1 rings (SSSR count). The van der Waals surface area contributed by atoms with Crippen molar-refractivity contribution in [3.63, 3.8) is 0 Å². The summed E-state index contributed by atoms with van der Waals surface area (Å²) in [5, 5.41) is 3.72. The Kier molecular flexibility index (Phi) is 4.00. The fourth-order valence-corrected chi connectivity index (χ4v) is 2.48. The molecule has 6 nitrogen and oxygen atoms in total. The van der Waals surface area contributed by atoms with Crippen LogP contribution in [0.4, 0.5) is 0 Å². The van der Waals surface area contributed by atoms with Gasteiger partial charge in [0.15, 0.2) is 0 Å². The average Bonchev–Trinajstić information content (AvgIpc) is 2.41. The molecule has 1 aromatic rings. The zero-order valence-corrected chi connectivity index (χ0v) is 10.6. The molecular formula is C8H13N3O3S2.